The Kier molecular flexibility index (Phi) is 4.26. The van der Waals surface area contributed by atoms with Crippen LogP contribution in [-0.4, -0.2) is 31.7 Å². The lowest BCUT2D eigenvalue weighted by Gasteiger charge is -2.37. The van der Waals surface area contributed by atoms with Gasteiger partial charge in [-0.1, -0.05) is 13.3 Å². The molecule has 0 unspecified atom stereocenters. The molecule has 0 atom stereocenters. The highest BCUT2D eigenvalue weighted by Gasteiger charge is 2.32. The molecule has 1 saturated heterocycles. The minimum absolute atomic E-state index is 0.0292. The van der Waals surface area contributed by atoms with Gasteiger partial charge in [0.1, 0.15) is 0 Å². The van der Waals surface area contributed by atoms with Crippen molar-refractivity contribution in [3.63, 3.8) is 0 Å². The van der Waals surface area contributed by atoms with Crippen molar-refractivity contribution in [3.8, 4) is 0 Å². The molecule has 0 aromatic heterocycles. The molecule has 1 aliphatic carbocycles. The third-order valence-corrected chi connectivity index (χ3v) is 3.98. The number of rotatable bonds is 5. The normalized spacial score (nSPS) is 23.1. The van der Waals surface area contributed by atoms with Gasteiger partial charge in [0.25, 0.3) is 0 Å². The van der Waals surface area contributed by atoms with Crippen LogP contribution < -0.4 is 16.0 Å². The Morgan fingerprint density at radius 1 is 1.35 bits per heavy atom. The van der Waals surface area contributed by atoms with Crippen molar-refractivity contribution in [2.45, 2.75) is 51.5 Å². The fourth-order valence-corrected chi connectivity index (χ4v) is 2.73. The number of nitrogens with one attached hydrogen (secondary N) is 3. The average molecular weight is 239 g/mol. The van der Waals surface area contributed by atoms with E-state index in [1.807, 2.05) is 0 Å². The summed E-state index contributed by atoms with van der Waals surface area (Å²) in [5, 5.41) is 9.46. The van der Waals surface area contributed by atoms with Crippen LogP contribution in [0.2, 0.25) is 0 Å². The molecule has 2 fully saturated rings. The number of hydrogen-bond acceptors (Lipinski definition) is 2. The topological polar surface area (TPSA) is 53.2 Å². The van der Waals surface area contributed by atoms with Crippen molar-refractivity contribution in [1.29, 1.82) is 0 Å². The van der Waals surface area contributed by atoms with Crippen molar-refractivity contribution in [2.75, 3.05) is 19.6 Å². The van der Waals surface area contributed by atoms with E-state index in [2.05, 4.69) is 22.9 Å². The fourth-order valence-electron chi connectivity index (χ4n) is 2.73. The quantitative estimate of drug-likeness (QED) is 0.683. The molecule has 1 aliphatic heterocycles. The van der Waals surface area contributed by atoms with Crippen LogP contribution in [0.3, 0.4) is 0 Å². The van der Waals surface area contributed by atoms with Gasteiger partial charge in [0.15, 0.2) is 0 Å². The van der Waals surface area contributed by atoms with Gasteiger partial charge in [-0.25, -0.2) is 4.79 Å². The average Bonchev–Trinajstić information content (AvgIpc) is 3.12. The number of carbonyl (C=O) groups is 1. The highest BCUT2D eigenvalue weighted by atomic mass is 16.2. The van der Waals surface area contributed by atoms with E-state index in [0.717, 1.165) is 32.5 Å². The van der Waals surface area contributed by atoms with Gasteiger partial charge in [-0.3, -0.25) is 0 Å². The van der Waals surface area contributed by atoms with Crippen molar-refractivity contribution in [3.05, 3.63) is 0 Å². The Balaban J connectivity index is 1.77. The van der Waals surface area contributed by atoms with E-state index in [1.54, 1.807) is 0 Å². The maximum atomic E-state index is 11.6. The van der Waals surface area contributed by atoms with Gasteiger partial charge in [0.2, 0.25) is 0 Å². The van der Waals surface area contributed by atoms with Gasteiger partial charge < -0.3 is 16.0 Å². The standard InChI is InChI=1S/C13H25N3O/c1-2-5-13(6-8-14-9-7-13)10-15-12(17)16-11-3-4-11/h11,14H,2-10H2,1H3,(H2,15,16,17). The first-order valence-electron chi connectivity index (χ1n) is 6.99. The highest BCUT2D eigenvalue weighted by molar-refractivity contribution is 5.74. The van der Waals surface area contributed by atoms with Gasteiger partial charge in [0, 0.05) is 12.6 Å². The number of amides is 2. The third kappa shape index (κ3) is 3.87. The van der Waals surface area contributed by atoms with E-state index >= 15 is 0 Å². The number of hydrogen-bond donors (Lipinski definition) is 3. The first kappa shape index (κ1) is 12.7. The lowest BCUT2D eigenvalue weighted by atomic mass is 9.75. The van der Waals surface area contributed by atoms with E-state index in [4.69, 9.17) is 0 Å². The van der Waals surface area contributed by atoms with E-state index < -0.39 is 0 Å². The summed E-state index contributed by atoms with van der Waals surface area (Å²) >= 11 is 0. The second kappa shape index (κ2) is 5.71. The summed E-state index contributed by atoms with van der Waals surface area (Å²) in [5.74, 6) is 0. The predicted molar refractivity (Wildman–Crippen MR) is 69.0 cm³/mol. The highest BCUT2D eigenvalue weighted by Crippen LogP contribution is 2.33. The van der Waals surface area contributed by atoms with Crippen LogP contribution in [0.5, 0.6) is 0 Å². The summed E-state index contributed by atoms with van der Waals surface area (Å²) in [7, 11) is 0. The molecule has 2 aliphatic rings. The SMILES string of the molecule is CCCC1(CNC(=O)NC2CC2)CCNCC1. The van der Waals surface area contributed by atoms with Crippen molar-refractivity contribution in [1.82, 2.24) is 16.0 Å². The van der Waals surface area contributed by atoms with Crippen LogP contribution in [0.1, 0.15) is 45.4 Å². The molecule has 0 radical (unpaired) electrons. The summed E-state index contributed by atoms with van der Waals surface area (Å²) in [4.78, 5) is 11.6. The molecular weight excluding hydrogens is 214 g/mol. The Morgan fingerprint density at radius 3 is 2.65 bits per heavy atom. The zero-order chi connectivity index (χ0) is 12.1. The van der Waals surface area contributed by atoms with Crippen LogP contribution in [0.25, 0.3) is 0 Å². The minimum Gasteiger partial charge on any atom is -0.338 e. The van der Waals surface area contributed by atoms with Crippen LogP contribution >= 0.6 is 0 Å². The molecule has 0 aromatic rings. The van der Waals surface area contributed by atoms with E-state index in [1.165, 1.54) is 25.7 Å². The van der Waals surface area contributed by atoms with Gasteiger partial charge in [-0.05, 0) is 50.6 Å². The predicted octanol–water partition coefficient (Wildman–Crippen LogP) is 1.62. The second-order valence-electron chi connectivity index (χ2n) is 5.60. The van der Waals surface area contributed by atoms with Gasteiger partial charge >= 0.3 is 6.03 Å². The van der Waals surface area contributed by atoms with E-state index in [9.17, 15) is 4.79 Å². The number of carbonyl (C=O) groups excluding carboxylic acids is 1. The summed E-state index contributed by atoms with van der Waals surface area (Å²) in [6.45, 7) is 5.24. The molecule has 3 N–H and O–H groups in total. The monoisotopic (exact) mass is 239 g/mol. The zero-order valence-corrected chi connectivity index (χ0v) is 10.8. The van der Waals surface area contributed by atoms with Crippen LogP contribution in [0.4, 0.5) is 4.79 Å². The van der Waals surface area contributed by atoms with Gasteiger partial charge in [-0.2, -0.15) is 0 Å². The molecule has 98 valence electrons. The van der Waals surface area contributed by atoms with Crippen molar-refractivity contribution in [2.24, 2.45) is 5.41 Å². The lowest BCUT2D eigenvalue weighted by molar-refractivity contribution is 0.174. The second-order valence-corrected chi connectivity index (χ2v) is 5.60. The summed E-state index contributed by atoms with van der Waals surface area (Å²) in [6, 6.07) is 0.478. The molecule has 0 bridgehead atoms. The van der Waals surface area contributed by atoms with Crippen LogP contribution in [0, 0.1) is 5.41 Å². The molecule has 4 heteroatoms. The van der Waals surface area contributed by atoms with Crippen LogP contribution in [0.15, 0.2) is 0 Å². The van der Waals surface area contributed by atoms with E-state index in [0.29, 0.717) is 11.5 Å². The lowest BCUT2D eigenvalue weighted by Crippen LogP contribution is -2.47. The maximum Gasteiger partial charge on any atom is 0.315 e. The Bertz CT molecular complexity index is 252. The molecule has 2 rings (SSSR count). The molecule has 1 saturated carbocycles. The maximum absolute atomic E-state index is 11.6. The van der Waals surface area contributed by atoms with Gasteiger partial charge in [0.05, 0.1) is 0 Å². The summed E-state index contributed by atoms with van der Waals surface area (Å²) in [5.41, 5.74) is 0.334. The summed E-state index contributed by atoms with van der Waals surface area (Å²) < 4.78 is 0. The fraction of sp³-hybridized carbons (Fsp3) is 0.923. The Morgan fingerprint density at radius 2 is 2.06 bits per heavy atom. The molecule has 0 spiro atoms. The zero-order valence-electron chi connectivity index (χ0n) is 10.8. The smallest absolute Gasteiger partial charge is 0.315 e. The molecule has 0 aromatic carbocycles. The first-order chi connectivity index (χ1) is 8.24. The molecular formula is C13H25N3O. The summed E-state index contributed by atoms with van der Waals surface area (Å²) in [6.07, 6.45) is 7.09. The Hall–Kier alpha value is -0.770. The third-order valence-electron chi connectivity index (χ3n) is 3.98. The van der Waals surface area contributed by atoms with E-state index in [-0.39, 0.29) is 6.03 Å². The van der Waals surface area contributed by atoms with Gasteiger partial charge in [-0.15, -0.1) is 0 Å². The number of urea groups is 1. The molecule has 4 nitrogen and oxygen atoms in total. The largest absolute Gasteiger partial charge is 0.338 e. The van der Waals surface area contributed by atoms with Crippen molar-refractivity contribution < 1.29 is 4.79 Å². The number of piperidine rings is 1. The molecule has 2 amide bonds. The Labute approximate surface area is 104 Å². The molecule has 1 heterocycles. The van der Waals surface area contributed by atoms with Crippen molar-refractivity contribution >= 4 is 6.03 Å². The molecule has 17 heavy (non-hydrogen) atoms. The van der Waals surface area contributed by atoms with Crippen LogP contribution in [-0.2, 0) is 0 Å². The first-order valence-corrected chi connectivity index (χ1v) is 6.99. The minimum atomic E-state index is 0.0292.